The molecule has 0 amide bonds. The number of rotatable bonds is 8. The van der Waals surface area contributed by atoms with E-state index in [1.54, 1.807) is 0 Å². The molecule has 0 bridgehead atoms. The Morgan fingerprint density at radius 3 is 2.32 bits per heavy atom. The summed E-state index contributed by atoms with van der Waals surface area (Å²) in [5.41, 5.74) is 8.29. The van der Waals surface area contributed by atoms with Gasteiger partial charge in [-0.1, -0.05) is 36.4 Å². The molecule has 0 spiro atoms. The van der Waals surface area contributed by atoms with Gasteiger partial charge in [-0.15, -0.1) is 0 Å². The first-order valence-electron chi connectivity index (χ1n) is 7.85. The van der Waals surface area contributed by atoms with Crippen LogP contribution in [0.3, 0.4) is 0 Å². The van der Waals surface area contributed by atoms with Crippen LogP contribution in [0.15, 0.2) is 48.7 Å². The lowest BCUT2D eigenvalue weighted by Crippen LogP contribution is -2.28. The summed E-state index contributed by atoms with van der Waals surface area (Å²) >= 11 is 0. The second-order valence-electron chi connectivity index (χ2n) is 5.52. The number of nitrogens with two attached hydrogens (primary N) is 1. The van der Waals surface area contributed by atoms with Crippen LogP contribution < -0.4 is 10.6 Å². The average Bonchev–Trinajstić information content (AvgIpc) is 2.56. The molecule has 1 aromatic heterocycles. The molecule has 0 saturated carbocycles. The molecule has 0 fully saturated rings. The van der Waals surface area contributed by atoms with Crippen molar-refractivity contribution < 1.29 is 0 Å². The van der Waals surface area contributed by atoms with Crippen LogP contribution in [0, 0.1) is 0 Å². The first-order chi connectivity index (χ1) is 10.7. The number of anilines is 1. The topological polar surface area (TPSA) is 45.4 Å². The molecule has 0 aliphatic heterocycles. The molecule has 118 valence electrons. The smallest absolute Gasteiger partial charge is 0.128 e. The highest BCUT2D eigenvalue weighted by atomic mass is 15.2. The lowest BCUT2D eigenvalue weighted by molar-refractivity contribution is 0.264. The quantitative estimate of drug-likeness (QED) is 0.813. The Morgan fingerprint density at radius 1 is 1.00 bits per heavy atom. The van der Waals surface area contributed by atoms with E-state index < -0.39 is 0 Å². The van der Waals surface area contributed by atoms with Gasteiger partial charge in [0.1, 0.15) is 5.82 Å². The van der Waals surface area contributed by atoms with Gasteiger partial charge in [0.15, 0.2) is 0 Å². The fraction of sp³-hybridized carbons (Fsp3) is 0.389. The Labute approximate surface area is 133 Å². The predicted molar refractivity (Wildman–Crippen MR) is 92.8 cm³/mol. The van der Waals surface area contributed by atoms with Gasteiger partial charge < -0.3 is 10.6 Å². The molecule has 0 aliphatic rings. The van der Waals surface area contributed by atoms with Crippen molar-refractivity contribution >= 4 is 5.82 Å². The van der Waals surface area contributed by atoms with Crippen molar-refractivity contribution in [2.75, 3.05) is 31.6 Å². The summed E-state index contributed by atoms with van der Waals surface area (Å²) in [6.07, 6.45) is 1.97. The van der Waals surface area contributed by atoms with Gasteiger partial charge in [0.05, 0.1) is 0 Å². The van der Waals surface area contributed by atoms with Gasteiger partial charge in [-0.25, -0.2) is 4.98 Å². The Morgan fingerprint density at radius 2 is 1.73 bits per heavy atom. The summed E-state index contributed by atoms with van der Waals surface area (Å²) in [5, 5.41) is 0. The molecule has 0 radical (unpaired) electrons. The third-order valence-corrected chi connectivity index (χ3v) is 3.78. The van der Waals surface area contributed by atoms with E-state index in [2.05, 4.69) is 65.2 Å². The molecule has 2 N–H and O–H groups in total. The molecule has 2 aromatic rings. The van der Waals surface area contributed by atoms with E-state index in [9.17, 15) is 0 Å². The standard InChI is InChI=1S/C18H26N4/c1-3-21(2)18-10-9-17(13-20-18)15-22(12-11-19)14-16-7-5-4-6-8-16/h4-10,13H,3,11-12,14-15,19H2,1-2H3. The lowest BCUT2D eigenvalue weighted by atomic mass is 10.2. The highest BCUT2D eigenvalue weighted by Gasteiger charge is 2.07. The number of benzene rings is 1. The molecule has 1 aromatic carbocycles. The molecule has 0 unspecified atom stereocenters. The van der Waals surface area contributed by atoms with Crippen LogP contribution in [-0.4, -0.2) is 36.6 Å². The number of nitrogens with zero attached hydrogens (tertiary/aromatic N) is 3. The summed E-state index contributed by atoms with van der Waals surface area (Å²) in [7, 11) is 2.05. The Balaban J connectivity index is 2.01. The third-order valence-electron chi connectivity index (χ3n) is 3.78. The van der Waals surface area contributed by atoms with Crippen LogP contribution in [0.1, 0.15) is 18.1 Å². The van der Waals surface area contributed by atoms with Crippen molar-refractivity contribution in [3.05, 3.63) is 59.8 Å². The molecule has 4 heteroatoms. The zero-order valence-corrected chi connectivity index (χ0v) is 13.6. The third kappa shape index (κ3) is 4.83. The molecule has 0 aliphatic carbocycles. The zero-order valence-electron chi connectivity index (χ0n) is 13.6. The number of hydrogen-bond donors (Lipinski definition) is 1. The van der Waals surface area contributed by atoms with E-state index in [-0.39, 0.29) is 0 Å². The van der Waals surface area contributed by atoms with Gasteiger partial charge in [0.2, 0.25) is 0 Å². The van der Waals surface area contributed by atoms with Crippen LogP contribution in [0.5, 0.6) is 0 Å². The van der Waals surface area contributed by atoms with E-state index in [1.165, 1.54) is 11.1 Å². The first kappa shape index (κ1) is 16.5. The SMILES string of the molecule is CCN(C)c1ccc(CN(CCN)Cc2ccccc2)cn1. The van der Waals surface area contributed by atoms with Crippen LogP contribution in [-0.2, 0) is 13.1 Å². The first-order valence-corrected chi connectivity index (χ1v) is 7.85. The Hall–Kier alpha value is -1.91. The van der Waals surface area contributed by atoms with E-state index in [4.69, 9.17) is 5.73 Å². The van der Waals surface area contributed by atoms with E-state index in [1.807, 2.05) is 12.3 Å². The Kier molecular flexibility index (Phi) is 6.37. The molecule has 22 heavy (non-hydrogen) atoms. The van der Waals surface area contributed by atoms with Gasteiger partial charge >= 0.3 is 0 Å². The van der Waals surface area contributed by atoms with E-state index in [0.717, 1.165) is 32.0 Å². The minimum atomic E-state index is 0.664. The highest BCUT2D eigenvalue weighted by molar-refractivity contribution is 5.38. The predicted octanol–water partition coefficient (Wildman–Crippen LogP) is 2.50. The van der Waals surface area contributed by atoms with Crippen molar-refractivity contribution in [3.8, 4) is 0 Å². The molecule has 2 rings (SSSR count). The van der Waals surface area contributed by atoms with E-state index >= 15 is 0 Å². The highest BCUT2D eigenvalue weighted by Crippen LogP contribution is 2.12. The van der Waals surface area contributed by atoms with Crippen molar-refractivity contribution in [1.82, 2.24) is 9.88 Å². The van der Waals surface area contributed by atoms with E-state index in [0.29, 0.717) is 6.54 Å². The van der Waals surface area contributed by atoms with Crippen LogP contribution in [0.4, 0.5) is 5.82 Å². The minimum absolute atomic E-state index is 0.664. The van der Waals surface area contributed by atoms with Crippen LogP contribution in [0.2, 0.25) is 0 Å². The van der Waals surface area contributed by atoms with Crippen molar-refractivity contribution in [3.63, 3.8) is 0 Å². The number of hydrogen-bond acceptors (Lipinski definition) is 4. The molecule has 0 saturated heterocycles. The second kappa shape index (κ2) is 8.51. The van der Waals surface area contributed by atoms with Crippen molar-refractivity contribution in [1.29, 1.82) is 0 Å². The molecule has 0 atom stereocenters. The number of aromatic nitrogens is 1. The monoisotopic (exact) mass is 298 g/mol. The molecule has 1 heterocycles. The lowest BCUT2D eigenvalue weighted by Gasteiger charge is -2.22. The minimum Gasteiger partial charge on any atom is -0.360 e. The summed E-state index contributed by atoms with van der Waals surface area (Å²) in [6.45, 7) is 6.41. The maximum Gasteiger partial charge on any atom is 0.128 e. The fourth-order valence-corrected chi connectivity index (χ4v) is 2.39. The van der Waals surface area contributed by atoms with Gasteiger partial charge in [-0.3, -0.25) is 4.90 Å². The molecule has 4 nitrogen and oxygen atoms in total. The summed E-state index contributed by atoms with van der Waals surface area (Å²) in [4.78, 5) is 9.02. The van der Waals surface area contributed by atoms with Crippen LogP contribution >= 0.6 is 0 Å². The maximum absolute atomic E-state index is 5.75. The zero-order chi connectivity index (χ0) is 15.8. The normalized spacial score (nSPS) is 10.9. The van der Waals surface area contributed by atoms with Gasteiger partial charge in [-0.2, -0.15) is 0 Å². The maximum atomic E-state index is 5.75. The second-order valence-corrected chi connectivity index (χ2v) is 5.52. The van der Waals surface area contributed by atoms with Crippen molar-refractivity contribution in [2.24, 2.45) is 5.73 Å². The van der Waals surface area contributed by atoms with Gasteiger partial charge in [0.25, 0.3) is 0 Å². The summed E-state index contributed by atoms with van der Waals surface area (Å²) < 4.78 is 0. The van der Waals surface area contributed by atoms with Gasteiger partial charge in [0, 0.05) is 46.0 Å². The summed E-state index contributed by atoms with van der Waals surface area (Å²) in [5.74, 6) is 1.01. The molecular weight excluding hydrogens is 272 g/mol. The fourth-order valence-electron chi connectivity index (χ4n) is 2.39. The Bertz CT molecular complexity index is 539. The summed E-state index contributed by atoms with van der Waals surface area (Å²) in [6, 6.07) is 14.7. The molecular formula is C18H26N4. The number of pyridine rings is 1. The van der Waals surface area contributed by atoms with Crippen LogP contribution in [0.25, 0.3) is 0 Å². The largest absolute Gasteiger partial charge is 0.360 e. The van der Waals surface area contributed by atoms with Gasteiger partial charge in [-0.05, 0) is 24.1 Å². The average molecular weight is 298 g/mol. The van der Waals surface area contributed by atoms with Crippen molar-refractivity contribution in [2.45, 2.75) is 20.0 Å².